The first-order chi connectivity index (χ1) is 9.79. The molecule has 0 aliphatic carbocycles. The van der Waals surface area contributed by atoms with Crippen LogP contribution >= 0.6 is 34.2 Å². The highest BCUT2D eigenvalue weighted by Crippen LogP contribution is 2.23. The largest absolute Gasteiger partial charge is 0.321 e. The van der Waals surface area contributed by atoms with Gasteiger partial charge in [0.25, 0.3) is 5.91 Å². The molecule has 0 aliphatic heterocycles. The second-order valence-electron chi connectivity index (χ2n) is 4.35. The Kier molecular flexibility index (Phi) is 4.90. The maximum absolute atomic E-state index is 12.2. The molecule has 0 saturated heterocycles. The van der Waals surface area contributed by atoms with Crippen molar-refractivity contribution in [1.29, 1.82) is 0 Å². The summed E-state index contributed by atoms with van der Waals surface area (Å²) in [6.07, 6.45) is 1.10. The van der Waals surface area contributed by atoms with Crippen LogP contribution in [0.4, 0.5) is 5.69 Å². The Hall–Kier alpha value is -1.12. The lowest BCUT2D eigenvalue weighted by atomic mass is 10.2. The van der Waals surface area contributed by atoms with Crippen LogP contribution in [0.3, 0.4) is 0 Å². The van der Waals surface area contributed by atoms with Crippen molar-refractivity contribution in [3.63, 3.8) is 0 Å². The van der Waals surface area contributed by atoms with Gasteiger partial charge < -0.3 is 5.32 Å². The number of nitrogens with one attached hydrogen (secondary N) is 1. The summed E-state index contributed by atoms with van der Waals surface area (Å²) in [6.45, 7) is 0. The third kappa shape index (κ3) is 3.96. The number of amides is 1. The minimum atomic E-state index is -3.42. The number of hydrogen-bond donors (Lipinski definition) is 1. The lowest BCUT2D eigenvalue weighted by molar-refractivity contribution is 0.102. The van der Waals surface area contributed by atoms with E-state index in [1.165, 1.54) is 6.07 Å². The number of carbonyl (C=O) groups is 1. The van der Waals surface area contributed by atoms with E-state index in [2.05, 4.69) is 27.9 Å². The highest BCUT2D eigenvalue weighted by molar-refractivity contribution is 14.1. The van der Waals surface area contributed by atoms with Crippen LogP contribution in [-0.4, -0.2) is 20.6 Å². The van der Waals surface area contributed by atoms with Gasteiger partial charge in [0.05, 0.1) is 15.6 Å². The van der Waals surface area contributed by atoms with E-state index in [0.717, 1.165) is 9.83 Å². The summed E-state index contributed by atoms with van der Waals surface area (Å²) in [7, 11) is -3.42. The number of benzene rings is 2. The van der Waals surface area contributed by atoms with E-state index in [1.807, 2.05) is 0 Å². The molecule has 0 atom stereocenters. The lowest BCUT2D eigenvalue weighted by Crippen LogP contribution is -2.14. The highest BCUT2D eigenvalue weighted by atomic mass is 127. The second kappa shape index (κ2) is 6.33. The number of hydrogen-bond acceptors (Lipinski definition) is 3. The molecule has 0 aromatic heterocycles. The van der Waals surface area contributed by atoms with E-state index < -0.39 is 15.7 Å². The Morgan fingerprint density at radius 2 is 1.86 bits per heavy atom. The fraction of sp³-hybridized carbons (Fsp3) is 0.0714. The Morgan fingerprint density at radius 1 is 1.19 bits per heavy atom. The van der Waals surface area contributed by atoms with Gasteiger partial charge in [0.15, 0.2) is 9.84 Å². The molecular weight excluding hydrogens is 425 g/mol. The van der Waals surface area contributed by atoms with Crippen LogP contribution in [0.1, 0.15) is 10.4 Å². The van der Waals surface area contributed by atoms with Crippen LogP contribution < -0.4 is 5.32 Å². The molecule has 21 heavy (non-hydrogen) atoms. The van der Waals surface area contributed by atoms with Crippen molar-refractivity contribution in [2.45, 2.75) is 4.90 Å². The lowest BCUT2D eigenvalue weighted by Gasteiger charge is -2.10. The van der Waals surface area contributed by atoms with E-state index in [4.69, 9.17) is 11.6 Å². The third-order valence-electron chi connectivity index (χ3n) is 2.72. The number of carbonyl (C=O) groups excluding carboxylic acids is 1. The van der Waals surface area contributed by atoms with Gasteiger partial charge in [-0.3, -0.25) is 4.79 Å². The van der Waals surface area contributed by atoms with Crippen LogP contribution in [-0.2, 0) is 9.84 Å². The van der Waals surface area contributed by atoms with Crippen molar-refractivity contribution in [3.05, 3.63) is 56.6 Å². The molecule has 1 N–H and O–H groups in total. The van der Waals surface area contributed by atoms with Gasteiger partial charge in [-0.05, 0) is 52.9 Å². The maximum Gasteiger partial charge on any atom is 0.255 e. The molecule has 7 heteroatoms. The van der Waals surface area contributed by atoms with Gasteiger partial charge in [-0.25, -0.2) is 8.42 Å². The van der Waals surface area contributed by atoms with Crippen LogP contribution in [0.2, 0.25) is 5.02 Å². The molecule has 0 radical (unpaired) electrons. The standard InChI is InChI=1S/C14H11ClINO3S/c1-21(19,20)13-5-3-2-4-12(13)17-14(18)9-6-7-11(16)10(15)8-9/h2-8H,1H3,(H,17,18). The molecule has 0 saturated carbocycles. The van der Waals surface area contributed by atoms with Crippen molar-refractivity contribution < 1.29 is 13.2 Å². The molecule has 1 amide bonds. The molecule has 2 rings (SSSR count). The van der Waals surface area contributed by atoms with E-state index in [1.54, 1.807) is 36.4 Å². The smallest absolute Gasteiger partial charge is 0.255 e. The van der Waals surface area contributed by atoms with E-state index in [-0.39, 0.29) is 10.6 Å². The molecule has 0 spiro atoms. The van der Waals surface area contributed by atoms with Crippen molar-refractivity contribution in [3.8, 4) is 0 Å². The second-order valence-corrected chi connectivity index (χ2v) is 7.90. The van der Waals surface area contributed by atoms with Gasteiger partial charge in [-0.15, -0.1) is 0 Å². The summed E-state index contributed by atoms with van der Waals surface area (Å²) in [5.74, 6) is -0.413. The first-order valence-corrected chi connectivity index (χ1v) is 9.19. The summed E-state index contributed by atoms with van der Waals surface area (Å²) in [4.78, 5) is 12.3. The zero-order chi connectivity index (χ0) is 15.6. The Balaban J connectivity index is 2.34. The Labute approximate surface area is 141 Å². The summed E-state index contributed by atoms with van der Waals surface area (Å²) >= 11 is 8.04. The summed E-state index contributed by atoms with van der Waals surface area (Å²) < 4.78 is 24.2. The molecule has 0 fully saturated rings. The van der Waals surface area contributed by atoms with E-state index in [0.29, 0.717) is 10.6 Å². The average Bonchev–Trinajstić information content (AvgIpc) is 2.41. The molecule has 4 nitrogen and oxygen atoms in total. The van der Waals surface area contributed by atoms with Gasteiger partial charge >= 0.3 is 0 Å². The van der Waals surface area contributed by atoms with Gasteiger partial charge in [0.2, 0.25) is 0 Å². The van der Waals surface area contributed by atoms with Crippen molar-refractivity contribution in [2.75, 3.05) is 11.6 Å². The molecule has 0 heterocycles. The Bertz CT molecular complexity index is 806. The molecule has 2 aromatic rings. The maximum atomic E-state index is 12.2. The van der Waals surface area contributed by atoms with Crippen LogP contribution in [0.25, 0.3) is 0 Å². The molecule has 0 unspecified atom stereocenters. The van der Waals surface area contributed by atoms with Crippen molar-refractivity contribution in [2.24, 2.45) is 0 Å². The van der Waals surface area contributed by atoms with Crippen LogP contribution in [0.5, 0.6) is 0 Å². The summed E-state index contributed by atoms with van der Waals surface area (Å²) in [6, 6.07) is 11.2. The zero-order valence-electron chi connectivity index (χ0n) is 10.9. The topological polar surface area (TPSA) is 63.2 Å². The van der Waals surface area contributed by atoms with Gasteiger partial charge in [0, 0.05) is 15.4 Å². The number of para-hydroxylation sites is 1. The first-order valence-electron chi connectivity index (χ1n) is 5.84. The van der Waals surface area contributed by atoms with E-state index in [9.17, 15) is 13.2 Å². The minimum Gasteiger partial charge on any atom is -0.321 e. The summed E-state index contributed by atoms with van der Waals surface area (Å²) in [5.41, 5.74) is 0.614. The Morgan fingerprint density at radius 3 is 2.48 bits per heavy atom. The molecule has 110 valence electrons. The fourth-order valence-corrected chi connectivity index (χ4v) is 3.09. The number of halogens is 2. The van der Waals surface area contributed by atoms with Gasteiger partial charge in [-0.2, -0.15) is 0 Å². The average molecular weight is 436 g/mol. The molecule has 0 aliphatic rings. The quantitative estimate of drug-likeness (QED) is 0.749. The van der Waals surface area contributed by atoms with Crippen LogP contribution in [0, 0.1) is 3.57 Å². The number of rotatable bonds is 3. The monoisotopic (exact) mass is 435 g/mol. The highest BCUT2D eigenvalue weighted by Gasteiger charge is 2.15. The normalized spacial score (nSPS) is 11.2. The van der Waals surface area contributed by atoms with E-state index >= 15 is 0 Å². The summed E-state index contributed by atoms with van der Waals surface area (Å²) in [5, 5.41) is 3.07. The molecule has 0 bridgehead atoms. The minimum absolute atomic E-state index is 0.0787. The predicted octanol–water partition coefficient (Wildman–Crippen LogP) is 3.60. The number of sulfone groups is 1. The third-order valence-corrected chi connectivity index (χ3v) is 5.44. The first kappa shape index (κ1) is 16.3. The predicted molar refractivity (Wildman–Crippen MR) is 91.7 cm³/mol. The molecule has 2 aromatic carbocycles. The molecular formula is C14H11ClINO3S. The number of anilines is 1. The van der Waals surface area contributed by atoms with Crippen LogP contribution in [0.15, 0.2) is 47.4 Å². The zero-order valence-corrected chi connectivity index (χ0v) is 14.7. The van der Waals surface area contributed by atoms with Crippen molar-refractivity contribution >= 4 is 55.6 Å². The van der Waals surface area contributed by atoms with Crippen molar-refractivity contribution in [1.82, 2.24) is 0 Å². The van der Waals surface area contributed by atoms with Gasteiger partial charge in [0.1, 0.15) is 0 Å². The van der Waals surface area contributed by atoms with Gasteiger partial charge in [-0.1, -0.05) is 23.7 Å². The SMILES string of the molecule is CS(=O)(=O)c1ccccc1NC(=O)c1ccc(I)c(Cl)c1. The fourth-order valence-electron chi connectivity index (χ4n) is 1.73.